The molecule has 0 atom stereocenters. The Morgan fingerprint density at radius 3 is 2.84 bits per heavy atom. The van der Waals surface area contributed by atoms with Gasteiger partial charge in [-0.15, -0.1) is 0 Å². The van der Waals surface area contributed by atoms with E-state index in [4.69, 9.17) is 4.52 Å². The number of aryl methyl sites for hydroxylation is 1. The minimum absolute atomic E-state index is 0.00782. The summed E-state index contributed by atoms with van der Waals surface area (Å²) in [6.45, 7) is 6.29. The summed E-state index contributed by atoms with van der Waals surface area (Å²) in [7, 11) is 1.74. The fraction of sp³-hybridized carbons (Fsp3) is 0.389. The molecule has 0 bridgehead atoms. The highest BCUT2D eigenvalue weighted by Crippen LogP contribution is 2.18. The number of aromatic nitrogens is 3. The standard InChI is InChI=1S/C18H22N4O3/c1-5-14-13(10-25-20-14)9-21(4)17(23)12-6-7-15-16(8-12)22(11(2)3)18(24)19-15/h6-8,10-11H,5,9H2,1-4H3,(H,19,24). The van der Waals surface area contributed by atoms with Crippen molar-refractivity contribution in [1.29, 1.82) is 0 Å². The van der Waals surface area contributed by atoms with Gasteiger partial charge in [-0.2, -0.15) is 0 Å². The first-order valence-corrected chi connectivity index (χ1v) is 8.34. The van der Waals surface area contributed by atoms with Crippen molar-refractivity contribution in [2.75, 3.05) is 7.05 Å². The van der Waals surface area contributed by atoms with Crippen LogP contribution in [0.5, 0.6) is 0 Å². The van der Waals surface area contributed by atoms with Crippen LogP contribution in [0.15, 0.2) is 33.8 Å². The number of nitrogens with one attached hydrogen (secondary N) is 1. The summed E-state index contributed by atoms with van der Waals surface area (Å²) in [5.41, 5.74) is 3.59. The molecule has 7 heteroatoms. The molecule has 0 unspecified atom stereocenters. The number of hydrogen-bond acceptors (Lipinski definition) is 4. The van der Waals surface area contributed by atoms with Gasteiger partial charge in [0.05, 0.1) is 23.3 Å². The van der Waals surface area contributed by atoms with Crippen molar-refractivity contribution >= 4 is 16.9 Å². The van der Waals surface area contributed by atoms with Crippen molar-refractivity contribution in [2.45, 2.75) is 39.8 Å². The van der Waals surface area contributed by atoms with Gasteiger partial charge >= 0.3 is 5.69 Å². The summed E-state index contributed by atoms with van der Waals surface area (Å²) < 4.78 is 6.65. The molecule has 25 heavy (non-hydrogen) atoms. The number of carbonyl (C=O) groups excluding carboxylic acids is 1. The van der Waals surface area contributed by atoms with E-state index in [2.05, 4.69) is 10.1 Å². The maximum atomic E-state index is 12.8. The molecule has 2 heterocycles. The number of aromatic amines is 1. The van der Waals surface area contributed by atoms with Crippen LogP contribution in [0, 0.1) is 0 Å². The van der Waals surface area contributed by atoms with Gasteiger partial charge in [-0.1, -0.05) is 12.1 Å². The second-order valence-corrected chi connectivity index (χ2v) is 6.43. The Morgan fingerprint density at radius 2 is 2.16 bits per heavy atom. The van der Waals surface area contributed by atoms with Crippen molar-refractivity contribution in [3.05, 3.63) is 51.8 Å². The topological polar surface area (TPSA) is 84.1 Å². The second-order valence-electron chi connectivity index (χ2n) is 6.43. The molecule has 0 fully saturated rings. The molecule has 1 N–H and O–H groups in total. The normalized spacial score (nSPS) is 11.4. The van der Waals surface area contributed by atoms with Crippen LogP contribution < -0.4 is 5.69 Å². The maximum Gasteiger partial charge on any atom is 0.326 e. The van der Waals surface area contributed by atoms with Gasteiger partial charge in [0.15, 0.2) is 0 Å². The fourth-order valence-corrected chi connectivity index (χ4v) is 3.02. The highest BCUT2D eigenvalue weighted by Gasteiger charge is 2.17. The first-order chi connectivity index (χ1) is 11.9. The zero-order valence-electron chi connectivity index (χ0n) is 14.9. The Morgan fingerprint density at radius 1 is 1.40 bits per heavy atom. The largest absolute Gasteiger partial charge is 0.364 e. The monoisotopic (exact) mass is 342 g/mol. The van der Waals surface area contributed by atoms with Crippen molar-refractivity contribution in [2.24, 2.45) is 0 Å². The quantitative estimate of drug-likeness (QED) is 0.773. The summed E-state index contributed by atoms with van der Waals surface area (Å²) in [6, 6.07) is 5.28. The number of fused-ring (bicyclic) bond motifs is 1. The molecular weight excluding hydrogens is 320 g/mol. The third kappa shape index (κ3) is 3.09. The molecule has 3 aromatic rings. The Bertz CT molecular complexity index is 964. The molecule has 2 aromatic heterocycles. The first kappa shape index (κ1) is 17.0. The molecule has 0 aliphatic heterocycles. The van der Waals surface area contributed by atoms with Crippen molar-refractivity contribution in [1.82, 2.24) is 19.6 Å². The number of hydrogen-bond donors (Lipinski definition) is 1. The predicted octanol–water partition coefficient (Wildman–Crippen LogP) is 2.73. The number of benzene rings is 1. The van der Waals surface area contributed by atoms with Gasteiger partial charge in [-0.25, -0.2) is 4.79 Å². The van der Waals surface area contributed by atoms with Gasteiger partial charge in [0, 0.05) is 24.2 Å². The van der Waals surface area contributed by atoms with Crippen molar-refractivity contribution in [3.63, 3.8) is 0 Å². The summed E-state index contributed by atoms with van der Waals surface area (Å²) in [5.74, 6) is -0.117. The van der Waals surface area contributed by atoms with Crippen LogP contribution in [0.25, 0.3) is 11.0 Å². The van der Waals surface area contributed by atoms with Gasteiger partial charge in [0.1, 0.15) is 6.26 Å². The molecule has 0 aliphatic rings. The fourth-order valence-electron chi connectivity index (χ4n) is 3.02. The average Bonchev–Trinajstić information content (AvgIpc) is 3.15. The van der Waals surface area contributed by atoms with Crippen LogP contribution in [0.2, 0.25) is 0 Å². The van der Waals surface area contributed by atoms with Gasteiger partial charge in [-0.3, -0.25) is 9.36 Å². The van der Waals surface area contributed by atoms with Crippen molar-refractivity contribution < 1.29 is 9.32 Å². The van der Waals surface area contributed by atoms with Crippen LogP contribution in [-0.2, 0) is 13.0 Å². The average molecular weight is 342 g/mol. The molecule has 3 rings (SSSR count). The van der Waals surface area contributed by atoms with Crippen LogP contribution in [0.4, 0.5) is 0 Å². The predicted molar refractivity (Wildman–Crippen MR) is 94.6 cm³/mol. The van der Waals surface area contributed by atoms with E-state index in [1.807, 2.05) is 20.8 Å². The lowest BCUT2D eigenvalue weighted by molar-refractivity contribution is 0.0785. The first-order valence-electron chi connectivity index (χ1n) is 8.34. The lowest BCUT2D eigenvalue weighted by atomic mass is 10.1. The van der Waals surface area contributed by atoms with Gasteiger partial charge in [-0.05, 0) is 38.5 Å². The van der Waals surface area contributed by atoms with Crippen molar-refractivity contribution in [3.8, 4) is 0 Å². The molecule has 0 radical (unpaired) electrons. The van der Waals surface area contributed by atoms with Crippen LogP contribution in [-0.4, -0.2) is 32.6 Å². The number of nitrogens with zero attached hydrogens (tertiary/aromatic N) is 3. The molecule has 1 amide bonds. The molecule has 132 valence electrons. The van der Waals surface area contributed by atoms with E-state index in [1.165, 1.54) is 0 Å². The van der Waals surface area contributed by atoms with E-state index in [9.17, 15) is 9.59 Å². The number of rotatable bonds is 5. The molecule has 0 spiro atoms. The Labute approximate surface area is 145 Å². The van der Waals surface area contributed by atoms with E-state index in [0.29, 0.717) is 12.1 Å². The smallest absolute Gasteiger partial charge is 0.326 e. The number of carbonyl (C=O) groups is 1. The zero-order valence-corrected chi connectivity index (χ0v) is 14.9. The molecule has 1 aromatic carbocycles. The van der Waals surface area contributed by atoms with E-state index in [1.54, 1.807) is 41.0 Å². The summed E-state index contributed by atoms with van der Waals surface area (Å²) in [5, 5.41) is 3.94. The number of amides is 1. The van der Waals surface area contributed by atoms with Crippen LogP contribution >= 0.6 is 0 Å². The summed E-state index contributed by atoms with van der Waals surface area (Å²) >= 11 is 0. The third-order valence-corrected chi connectivity index (χ3v) is 4.30. The van der Waals surface area contributed by atoms with Gasteiger partial charge < -0.3 is 14.4 Å². The maximum absolute atomic E-state index is 12.8. The Hall–Kier alpha value is -2.83. The molecule has 7 nitrogen and oxygen atoms in total. The van der Waals surface area contributed by atoms with Crippen LogP contribution in [0.1, 0.15) is 48.4 Å². The SMILES string of the molecule is CCc1nocc1CN(C)C(=O)c1ccc2[nH]c(=O)n(C(C)C)c2c1. The molecule has 0 aliphatic carbocycles. The zero-order chi connectivity index (χ0) is 18.1. The summed E-state index contributed by atoms with van der Waals surface area (Å²) in [6.07, 6.45) is 2.33. The lowest BCUT2D eigenvalue weighted by Crippen LogP contribution is -2.26. The highest BCUT2D eigenvalue weighted by atomic mass is 16.5. The van der Waals surface area contributed by atoms with E-state index < -0.39 is 0 Å². The van der Waals surface area contributed by atoms with Gasteiger partial charge in [0.25, 0.3) is 5.91 Å². The number of H-pyrrole nitrogens is 1. The third-order valence-electron chi connectivity index (χ3n) is 4.30. The molecule has 0 saturated carbocycles. The van der Waals surface area contributed by atoms with Crippen LogP contribution in [0.3, 0.4) is 0 Å². The number of imidazole rings is 1. The molecular formula is C18H22N4O3. The lowest BCUT2D eigenvalue weighted by Gasteiger charge is -2.17. The van der Waals surface area contributed by atoms with Gasteiger partial charge in [0.2, 0.25) is 0 Å². The molecule has 0 saturated heterocycles. The second kappa shape index (κ2) is 6.58. The minimum Gasteiger partial charge on any atom is -0.364 e. The Balaban J connectivity index is 1.91. The van der Waals surface area contributed by atoms with E-state index >= 15 is 0 Å². The van der Waals surface area contributed by atoms with E-state index in [-0.39, 0.29) is 17.6 Å². The Kier molecular flexibility index (Phi) is 4.48. The highest BCUT2D eigenvalue weighted by molar-refractivity contribution is 5.97. The minimum atomic E-state index is -0.167. The summed E-state index contributed by atoms with van der Waals surface area (Å²) in [4.78, 5) is 29.3. The van der Waals surface area contributed by atoms with E-state index in [0.717, 1.165) is 28.7 Å².